The van der Waals surface area contributed by atoms with Crippen LogP contribution in [-0.2, 0) is 4.79 Å². The Balaban J connectivity index is 2.96. The third-order valence-electron chi connectivity index (χ3n) is 2.24. The molecule has 0 fully saturated rings. The highest BCUT2D eigenvalue weighted by Crippen LogP contribution is 2.20. The Labute approximate surface area is 106 Å². The Hall–Kier alpha value is -2.31. The minimum Gasteiger partial charge on any atom is -0.478 e. The predicted molar refractivity (Wildman–Crippen MR) is 62.0 cm³/mol. The van der Waals surface area contributed by atoms with Crippen LogP contribution in [0.4, 0.5) is 18.9 Å². The van der Waals surface area contributed by atoms with Crippen molar-refractivity contribution >= 4 is 17.4 Å². The molecule has 7 heteroatoms. The normalized spacial score (nSPS) is 11.6. The summed E-state index contributed by atoms with van der Waals surface area (Å²) in [5.74, 6) is -3.22. The number of carboxylic acid groups (broad SMARTS) is 1. The lowest BCUT2D eigenvalue weighted by Gasteiger charge is -2.16. The molecule has 1 rings (SSSR count). The van der Waals surface area contributed by atoms with Crippen LogP contribution in [0.5, 0.6) is 0 Å². The Morgan fingerprint density at radius 1 is 1.26 bits per heavy atom. The molecule has 0 spiro atoms. The van der Waals surface area contributed by atoms with Crippen molar-refractivity contribution in [3.8, 4) is 0 Å². The number of carbonyl (C=O) groups excluding carboxylic acids is 1. The number of ketones is 1. The van der Waals surface area contributed by atoms with E-state index in [1.54, 1.807) is 0 Å². The number of hydrogen-bond acceptors (Lipinski definition) is 3. The van der Waals surface area contributed by atoms with E-state index >= 15 is 0 Å². The number of hydrogen-bond donors (Lipinski definition) is 1. The SMILES string of the molecule is CN(/C=C/C(=O)C(F)(F)F)c1ccccc1C(=O)O. The Bertz CT molecular complexity index is 523. The fourth-order valence-electron chi connectivity index (χ4n) is 1.32. The molecular formula is C12H10F3NO3. The number of aromatic carboxylic acids is 1. The molecule has 0 aromatic heterocycles. The molecule has 0 radical (unpaired) electrons. The summed E-state index contributed by atoms with van der Waals surface area (Å²) in [5.41, 5.74) is 0.107. The molecule has 0 aliphatic carbocycles. The third kappa shape index (κ3) is 3.84. The average molecular weight is 273 g/mol. The molecule has 0 heterocycles. The van der Waals surface area contributed by atoms with E-state index in [1.165, 1.54) is 31.3 Å². The fraction of sp³-hybridized carbons (Fsp3) is 0.167. The smallest absolute Gasteiger partial charge is 0.454 e. The fourth-order valence-corrected chi connectivity index (χ4v) is 1.32. The first-order valence-corrected chi connectivity index (χ1v) is 5.08. The number of anilines is 1. The second-order valence-corrected chi connectivity index (χ2v) is 3.61. The maximum atomic E-state index is 12.0. The monoisotopic (exact) mass is 273 g/mol. The van der Waals surface area contributed by atoms with Crippen molar-refractivity contribution in [2.24, 2.45) is 0 Å². The summed E-state index contributed by atoms with van der Waals surface area (Å²) in [5, 5.41) is 8.92. The van der Waals surface area contributed by atoms with Gasteiger partial charge in [0.15, 0.2) is 0 Å². The van der Waals surface area contributed by atoms with Crippen molar-refractivity contribution < 1.29 is 27.9 Å². The van der Waals surface area contributed by atoms with E-state index in [0.29, 0.717) is 6.08 Å². The van der Waals surface area contributed by atoms with E-state index in [0.717, 1.165) is 11.1 Å². The molecule has 0 unspecified atom stereocenters. The first-order valence-electron chi connectivity index (χ1n) is 5.08. The first kappa shape index (κ1) is 14.7. The molecule has 102 valence electrons. The van der Waals surface area contributed by atoms with Crippen molar-refractivity contribution in [2.45, 2.75) is 6.18 Å². The summed E-state index contributed by atoms with van der Waals surface area (Å²) < 4.78 is 36.0. The minimum absolute atomic E-state index is 0.0749. The standard InChI is InChI=1S/C12H10F3NO3/c1-16(7-6-10(17)12(13,14)15)9-5-3-2-4-8(9)11(18)19/h2-7H,1H3,(H,18,19)/b7-6+. The molecule has 19 heavy (non-hydrogen) atoms. The van der Waals surface area contributed by atoms with Crippen LogP contribution in [0.3, 0.4) is 0 Å². The van der Waals surface area contributed by atoms with E-state index in [-0.39, 0.29) is 11.3 Å². The van der Waals surface area contributed by atoms with Crippen LogP contribution in [0, 0.1) is 0 Å². The van der Waals surface area contributed by atoms with Gasteiger partial charge in [0.2, 0.25) is 0 Å². The van der Waals surface area contributed by atoms with Gasteiger partial charge in [-0.15, -0.1) is 0 Å². The molecule has 0 aliphatic heterocycles. The summed E-state index contributed by atoms with van der Waals surface area (Å²) in [6.07, 6.45) is -3.72. The quantitative estimate of drug-likeness (QED) is 0.856. The highest BCUT2D eigenvalue weighted by molar-refractivity contribution is 5.96. The van der Waals surface area contributed by atoms with E-state index < -0.39 is 17.9 Å². The zero-order valence-electron chi connectivity index (χ0n) is 9.81. The lowest BCUT2D eigenvalue weighted by atomic mass is 10.1. The van der Waals surface area contributed by atoms with Gasteiger partial charge in [-0.3, -0.25) is 4.79 Å². The number of nitrogens with zero attached hydrogens (tertiary/aromatic N) is 1. The van der Waals surface area contributed by atoms with Gasteiger partial charge < -0.3 is 10.0 Å². The van der Waals surface area contributed by atoms with Crippen molar-refractivity contribution in [1.82, 2.24) is 0 Å². The Morgan fingerprint density at radius 2 is 1.84 bits per heavy atom. The number of alkyl halides is 3. The van der Waals surface area contributed by atoms with Crippen LogP contribution in [0.1, 0.15) is 10.4 Å². The lowest BCUT2D eigenvalue weighted by molar-refractivity contribution is -0.165. The van der Waals surface area contributed by atoms with Gasteiger partial charge in [-0.2, -0.15) is 13.2 Å². The highest BCUT2D eigenvalue weighted by atomic mass is 19.4. The molecule has 0 amide bonds. The summed E-state index contributed by atoms with van der Waals surface area (Å²) in [4.78, 5) is 22.7. The molecule has 0 aliphatic rings. The number of para-hydroxylation sites is 1. The molecule has 4 nitrogen and oxygen atoms in total. The second-order valence-electron chi connectivity index (χ2n) is 3.61. The summed E-state index contributed by atoms with van der Waals surface area (Å²) in [6.45, 7) is 0. The minimum atomic E-state index is -4.94. The largest absolute Gasteiger partial charge is 0.478 e. The highest BCUT2D eigenvalue weighted by Gasteiger charge is 2.36. The zero-order chi connectivity index (χ0) is 14.6. The summed E-state index contributed by atoms with van der Waals surface area (Å²) >= 11 is 0. The van der Waals surface area contributed by atoms with E-state index in [1.807, 2.05) is 0 Å². The number of allylic oxidation sites excluding steroid dienone is 1. The summed E-state index contributed by atoms with van der Waals surface area (Å²) in [7, 11) is 1.35. The number of halogens is 3. The van der Waals surface area contributed by atoms with Crippen molar-refractivity contribution in [3.63, 3.8) is 0 Å². The van der Waals surface area contributed by atoms with Gasteiger partial charge in [-0.1, -0.05) is 12.1 Å². The first-order chi connectivity index (χ1) is 8.73. The average Bonchev–Trinajstić information content (AvgIpc) is 2.34. The second kappa shape index (κ2) is 5.55. The van der Waals surface area contributed by atoms with E-state index in [4.69, 9.17) is 5.11 Å². The van der Waals surface area contributed by atoms with Gasteiger partial charge >= 0.3 is 12.1 Å². The van der Waals surface area contributed by atoms with Crippen molar-refractivity contribution in [2.75, 3.05) is 11.9 Å². The lowest BCUT2D eigenvalue weighted by Crippen LogP contribution is -2.21. The van der Waals surface area contributed by atoms with Crippen molar-refractivity contribution in [1.29, 1.82) is 0 Å². The molecule has 0 saturated heterocycles. The summed E-state index contributed by atoms with van der Waals surface area (Å²) in [6, 6.07) is 5.77. The Morgan fingerprint density at radius 3 is 2.37 bits per heavy atom. The van der Waals surface area contributed by atoms with E-state index in [9.17, 15) is 22.8 Å². The van der Waals surface area contributed by atoms with Gasteiger partial charge in [0.05, 0.1) is 11.3 Å². The van der Waals surface area contributed by atoms with Crippen LogP contribution in [0.15, 0.2) is 36.5 Å². The number of benzene rings is 1. The number of carbonyl (C=O) groups is 2. The molecular weight excluding hydrogens is 263 g/mol. The molecule has 0 saturated carbocycles. The van der Waals surface area contributed by atoms with Crippen LogP contribution in [-0.4, -0.2) is 30.1 Å². The molecule has 1 aromatic rings. The van der Waals surface area contributed by atoms with Gasteiger partial charge in [0.25, 0.3) is 5.78 Å². The number of rotatable bonds is 4. The Kier molecular flexibility index (Phi) is 4.31. The van der Waals surface area contributed by atoms with Crippen LogP contribution in [0.25, 0.3) is 0 Å². The topological polar surface area (TPSA) is 57.6 Å². The molecule has 1 N–H and O–H groups in total. The maximum absolute atomic E-state index is 12.0. The van der Waals surface area contributed by atoms with Crippen molar-refractivity contribution in [3.05, 3.63) is 42.1 Å². The maximum Gasteiger partial charge on any atom is 0.454 e. The van der Waals surface area contributed by atoms with Gasteiger partial charge in [-0.05, 0) is 12.1 Å². The zero-order valence-corrected chi connectivity index (χ0v) is 9.81. The molecule has 0 atom stereocenters. The number of carboxylic acids is 1. The predicted octanol–water partition coefficient (Wildman–Crippen LogP) is 2.47. The van der Waals surface area contributed by atoms with E-state index in [2.05, 4.69) is 0 Å². The van der Waals surface area contributed by atoms with Crippen LogP contribution >= 0.6 is 0 Å². The van der Waals surface area contributed by atoms with Gasteiger partial charge in [-0.25, -0.2) is 4.79 Å². The third-order valence-corrected chi connectivity index (χ3v) is 2.24. The molecule has 0 bridgehead atoms. The molecule has 1 aromatic carbocycles. The van der Waals surface area contributed by atoms with Crippen LogP contribution < -0.4 is 4.90 Å². The van der Waals surface area contributed by atoms with Crippen LogP contribution in [0.2, 0.25) is 0 Å². The van der Waals surface area contributed by atoms with Gasteiger partial charge in [0.1, 0.15) is 0 Å². The van der Waals surface area contributed by atoms with Gasteiger partial charge in [0, 0.05) is 19.3 Å².